The number of benzene rings is 2. The first kappa shape index (κ1) is 17.5. The highest BCUT2D eigenvalue weighted by atomic mass is 16.5. The normalized spacial score (nSPS) is 24.0. The summed E-state index contributed by atoms with van der Waals surface area (Å²) >= 11 is 0. The Balaban J connectivity index is 1.83. The van der Waals surface area contributed by atoms with E-state index in [1.807, 2.05) is 42.5 Å². The Labute approximate surface area is 158 Å². The van der Waals surface area contributed by atoms with E-state index in [2.05, 4.69) is 0 Å². The maximum Gasteiger partial charge on any atom is 0.271 e. The van der Waals surface area contributed by atoms with E-state index in [0.717, 1.165) is 18.4 Å². The van der Waals surface area contributed by atoms with E-state index in [9.17, 15) is 9.59 Å². The molecule has 2 saturated heterocycles. The van der Waals surface area contributed by atoms with Crippen LogP contribution in [0.15, 0.2) is 60.2 Å². The fourth-order valence-corrected chi connectivity index (χ4v) is 3.74. The number of hydrogen-bond donors (Lipinski definition) is 0. The fraction of sp³-hybridized carbons (Fsp3) is 0.273. The van der Waals surface area contributed by atoms with Gasteiger partial charge in [-0.2, -0.15) is 0 Å². The van der Waals surface area contributed by atoms with Crippen molar-refractivity contribution < 1.29 is 19.1 Å². The number of anilines is 1. The van der Waals surface area contributed by atoms with Crippen molar-refractivity contribution in [1.82, 2.24) is 0 Å². The van der Waals surface area contributed by atoms with E-state index in [4.69, 9.17) is 9.47 Å². The maximum atomic E-state index is 13.3. The van der Waals surface area contributed by atoms with E-state index in [0.29, 0.717) is 30.0 Å². The number of para-hydroxylation sites is 1. The quantitative estimate of drug-likeness (QED) is 0.618. The summed E-state index contributed by atoms with van der Waals surface area (Å²) in [5, 5.41) is 0. The second-order valence-corrected chi connectivity index (χ2v) is 6.75. The van der Waals surface area contributed by atoms with Crippen molar-refractivity contribution in [3.63, 3.8) is 0 Å². The van der Waals surface area contributed by atoms with Crippen molar-refractivity contribution in [2.24, 2.45) is 0 Å². The van der Waals surface area contributed by atoms with Crippen LogP contribution in [-0.2, 0) is 14.3 Å². The summed E-state index contributed by atoms with van der Waals surface area (Å²) < 4.78 is 11.3. The van der Waals surface area contributed by atoms with E-state index >= 15 is 0 Å². The van der Waals surface area contributed by atoms with Crippen LogP contribution in [-0.4, -0.2) is 31.1 Å². The minimum Gasteiger partial charge on any atom is -0.497 e. The van der Waals surface area contributed by atoms with Gasteiger partial charge in [-0.3, -0.25) is 9.59 Å². The van der Waals surface area contributed by atoms with Crippen LogP contribution in [0.1, 0.15) is 24.8 Å². The highest BCUT2D eigenvalue weighted by molar-refractivity contribution is 6.33. The van der Waals surface area contributed by atoms with Crippen molar-refractivity contribution in [2.75, 3.05) is 18.6 Å². The maximum absolute atomic E-state index is 13.3. The second-order valence-electron chi connectivity index (χ2n) is 6.75. The second kappa shape index (κ2) is 7.00. The molecule has 0 aliphatic carbocycles. The lowest BCUT2D eigenvalue weighted by Gasteiger charge is -2.32. The van der Waals surface area contributed by atoms with Gasteiger partial charge in [0.15, 0.2) is 5.60 Å². The van der Waals surface area contributed by atoms with Crippen molar-refractivity contribution in [3.05, 3.63) is 65.7 Å². The molecule has 1 spiro atoms. The van der Waals surface area contributed by atoms with E-state index in [1.54, 1.807) is 25.3 Å². The lowest BCUT2D eigenvalue weighted by molar-refractivity contribution is -0.140. The van der Waals surface area contributed by atoms with Crippen LogP contribution in [0.5, 0.6) is 5.75 Å². The zero-order valence-electron chi connectivity index (χ0n) is 15.2. The molecule has 0 radical (unpaired) electrons. The largest absolute Gasteiger partial charge is 0.497 e. The van der Waals surface area contributed by atoms with Crippen LogP contribution < -0.4 is 9.64 Å². The summed E-state index contributed by atoms with van der Waals surface area (Å²) in [6, 6.07) is 16.4. The lowest BCUT2D eigenvalue weighted by Crippen LogP contribution is -2.45. The summed E-state index contributed by atoms with van der Waals surface area (Å²) in [5.41, 5.74) is 0.558. The summed E-state index contributed by atoms with van der Waals surface area (Å²) in [6.07, 6.45) is 4.01. The first-order chi connectivity index (χ1) is 13.2. The Kier molecular flexibility index (Phi) is 4.54. The van der Waals surface area contributed by atoms with Gasteiger partial charge in [0.25, 0.3) is 11.8 Å². The molecule has 0 saturated carbocycles. The minimum absolute atomic E-state index is 0.299. The molecule has 0 N–H and O–H groups in total. The molecular formula is C22H21NO4. The molecule has 2 aliphatic heterocycles. The average Bonchev–Trinajstić information content (AvgIpc) is 2.91. The molecule has 2 aromatic rings. The molecule has 2 amide bonds. The number of carbonyl (C=O) groups is 2. The van der Waals surface area contributed by atoms with Gasteiger partial charge in [-0.25, -0.2) is 4.90 Å². The minimum atomic E-state index is -1.20. The standard InChI is InChI=1S/C22H21NO4/c1-26-18-11-7-8-16(14-18)15-19-20(24)23(17-9-3-2-4-10-17)21(25)22(19)12-5-6-13-27-22/h2-4,7-11,14-15H,5-6,12-13H2,1H3. The van der Waals surface area contributed by atoms with Gasteiger partial charge in [0.1, 0.15) is 5.75 Å². The molecule has 0 bridgehead atoms. The monoisotopic (exact) mass is 363 g/mol. The summed E-state index contributed by atoms with van der Waals surface area (Å²) in [5.74, 6) is 0.0723. The first-order valence-corrected chi connectivity index (χ1v) is 9.10. The molecule has 1 atom stereocenters. The zero-order valence-corrected chi connectivity index (χ0v) is 15.2. The topological polar surface area (TPSA) is 55.8 Å². The van der Waals surface area contributed by atoms with E-state index < -0.39 is 5.60 Å². The summed E-state index contributed by atoms with van der Waals surface area (Å²) in [4.78, 5) is 27.9. The molecule has 138 valence electrons. The van der Waals surface area contributed by atoms with Gasteiger partial charge in [0, 0.05) is 6.61 Å². The number of nitrogens with zero attached hydrogens (tertiary/aromatic N) is 1. The number of methoxy groups -OCH3 is 1. The number of hydrogen-bond acceptors (Lipinski definition) is 4. The predicted molar refractivity (Wildman–Crippen MR) is 102 cm³/mol. The molecule has 2 fully saturated rings. The van der Waals surface area contributed by atoms with Crippen LogP contribution in [0.3, 0.4) is 0 Å². The Bertz CT molecular complexity index is 898. The summed E-state index contributed by atoms with van der Waals surface area (Å²) in [6.45, 7) is 0.469. The number of carbonyl (C=O) groups excluding carboxylic acids is 2. The Morgan fingerprint density at radius 1 is 1.07 bits per heavy atom. The Morgan fingerprint density at radius 2 is 1.89 bits per heavy atom. The third kappa shape index (κ3) is 2.94. The zero-order chi connectivity index (χ0) is 18.9. The van der Waals surface area contributed by atoms with Gasteiger partial charge < -0.3 is 9.47 Å². The molecule has 2 aromatic carbocycles. The first-order valence-electron chi connectivity index (χ1n) is 9.10. The number of imide groups is 1. The van der Waals surface area contributed by atoms with Crippen LogP contribution >= 0.6 is 0 Å². The van der Waals surface area contributed by atoms with Gasteiger partial charge in [-0.15, -0.1) is 0 Å². The summed E-state index contributed by atoms with van der Waals surface area (Å²) in [7, 11) is 1.60. The molecular weight excluding hydrogens is 342 g/mol. The van der Waals surface area contributed by atoms with Gasteiger partial charge >= 0.3 is 0 Å². The van der Waals surface area contributed by atoms with Gasteiger partial charge in [-0.05, 0) is 55.2 Å². The Hall–Kier alpha value is -2.92. The molecule has 2 heterocycles. The van der Waals surface area contributed by atoms with Crippen molar-refractivity contribution >= 4 is 23.6 Å². The molecule has 5 heteroatoms. The average molecular weight is 363 g/mol. The third-order valence-electron chi connectivity index (χ3n) is 5.11. The van der Waals surface area contributed by atoms with Crippen LogP contribution in [0, 0.1) is 0 Å². The highest BCUT2D eigenvalue weighted by Crippen LogP contribution is 2.42. The number of ether oxygens (including phenoxy) is 2. The van der Waals surface area contributed by atoms with Crippen molar-refractivity contribution in [1.29, 1.82) is 0 Å². The SMILES string of the molecule is COc1cccc(C=C2C(=O)N(c3ccccc3)C(=O)C23CCCCO3)c1. The Morgan fingerprint density at radius 3 is 2.59 bits per heavy atom. The molecule has 5 nitrogen and oxygen atoms in total. The number of amides is 2. The molecule has 27 heavy (non-hydrogen) atoms. The number of rotatable bonds is 3. The highest BCUT2D eigenvalue weighted by Gasteiger charge is 2.57. The fourth-order valence-electron chi connectivity index (χ4n) is 3.74. The predicted octanol–water partition coefficient (Wildman–Crippen LogP) is 3.59. The molecule has 2 aliphatic rings. The van der Waals surface area contributed by atoms with E-state index in [1.165, 1.54) is 4.90 Å². The van der Waals surface area contributed by atoms with E-state index in [-0.39, 0.29) is 11.8 Å². The van der Waals surface area contributed by atoms with Gasteiger partial charge in [-0.1, -0.05) is 30.3 Å². The molecule has 0 aromatic heterocycles. The van der Waals surface area contributed by atoms with Crippen LogP contribution in [0.25, 0.3) is 6.08 Å². The van der Waals surface area contributed by atoms with Crippen LogP contribution in [0.2, 0.25) is 0 Å². The van der Waals surface area contributed by atoms with Gasteiger partial charge in [0.05, 0.1) is 18.4 Å². The van der Waals surface area contributed by atoms with Gasteiger partial charge in [0.2, 0.25) is 0 Å². The smallest absolute Gasteiger partial charge is 0.271 e. The molecule has 1 unspecified atom stereocenters. The molecule has 4 rings (SSSR count). The van der Waals surface area contributed by atoms with Crippen molar-refractivity contribution in [2.45, 2.75) is 24.9 Å². The lowest BCUT2D eigenvalue weighted by atomic mass is 9.86. The van der Waals surface area contributed by atoms with Crippen molar-refractivity contribution in [3.8, 4) is 5.75 Å². The third-order valence-corrected chi connectivity index (χ3v) is 5.11. The van der Waals surface area contributed by atoms with Crippen LogP contribution in [0.4, 0.5) is 5.69 Å².